The highest BCUT2D eigenvalue weighted by Crippen LogP contribution is 2.25. The van der Waals surface area contributed by atoms with Gasteiger partial charge in [-0.15, -0.1) is 11.3 Å². The standard InChI is InChI=1S/C9H11F3N2OS/c1-5-6(13)3-7(16-5)8(15)14(2)4-9(10,11)12/h3H,4,13H2,1-2H3. The van der Waals surface area contributed by atoms with Crippen LogP contribution in [0.4, 0.5) is 18.9 Å². The van der Waals surface area contributed by atoms with E-state index in [1.165, 1.54) is 6.07 Å². The van der Waals surface area contributed by atoms with E-state index in [1.54, 1.807) is 6.92 Å². The normalized spacial score (nSPS) is 11.6. The van der Waals surface area contributed by atoms with Gasteiger partial charge in [-0.1, -0.05) is 0 Å². The van der Waals surface area contributed by atoms with Gasteiger partial charge in [0.2, 0.25) is 0 Å². The van der Waals surface area contributed by atoms with Crippen molar-refractivity contribution in [3.05, 3.63) is 15.8 Å². The molecule has 7 heteroatoms. The lowest BCUT2D eigenvalue weighted by Gasteiger charge is -2.17. The molecule has 1 rings (SSSR count). The fourth-order valence-corrected chi connectivity index (χ4v) is 2.07. The van der Waals surface area contributed by atoms with Gasteiger partial charge in [-0.25, -0.2) is 0 Å². The smallest absolute Gasteiger partial charge is 0.398 e. The van der Waals surface area contributed by atoms with E-state index < -0.39 is 18.6 Å². The Labute approximate surface area is 94.7 Å². The molecule has 3 nitrogen and oxygen atoms in total. The molecular formula is C9H11F3N2OS. The molecule has 0 saturated carbocycles. The van der Waals surface area contributed by atoms with E-state index in [0.29, 0.717) is 10.6 Å². The summed E-state index contributed by atoms with van der Waals surface area (Å²) in [5.74, 6) is -0.665. The van der Waals surface area contributed by atoms with E-state index in [4.69, 9.17) is 5.73 Å². The third-order valence-electron chi connectivity index (χ3n) is 1.93. The zero-order chi connectivity index (χ0) is 12.5. The molecular weight excluding hydrogens is 241 g/mol. The van der Waals surface area contributed by atoms with Crippen LogP contribution in [-0.4, -0.2) is 30.6 Å². The van der Waals surface area contributed by atoms with Crippen molar-refractivity contribution in [2.75, 3.05) is 19.3 Å². The zero-order valence-corrected chi connectivity index (χ0v) is 9.58. The minimum atomic E-state index is -4.39. The molecule has 90 valence electrons. The molecule has 0 spiro atoms. The van der Waals surface area contributed by atoms with Gasteiger partial charge in [0.25, 0.3) is 5.91 Å². The number of hydrogen-bond donors (Lipinski definition) is 1. The fraction of sp³-hybridized carbons (Fsp3) is 0.444. The van der Waals surface area contributed by atoms with E-state index in [-0.39, 0.29) is 4.88 Å². The second-order valence-corrected chi connectivity index (χ2v) is 4.65. The maximum atomic E-state index is 12.1. The first-order valence-corrected chi connectivity index (χ1v) is 5.20. The number of alkyl halides is 3. The summed E-state index contributed by atoms with van der Waals surface area (Å²) in [6.07, 6.45) is -4.39. The summed E-state index contributed by atoms with van der Waals surface area (Å²) in [4.78, 5) is 13.1. The largest absolute Gasteiger partial charge is 0.406 e. The van der Waals surface area contributed by atoms with Crippen LogP contribution in [0.5, 0.6) is 0 Å². The van der Waals surface area contributed by atoms with Gasteiger partial charge >= 0.3 is 6.18 Å². The number of halogens is 3. The summed E-state index contributed by atoms with van der Waals surface area (Å²) >= 11 is 1.09. The van der Waals surface area contributed by atoms with Crippen LogP contribution in [0.25, 0.3) is 0 Å². The first kappa shape index (κ1) is 12.8. The topological polar surface area (TPSA) is 46.3 Å². The van der Waals surface area contributed by atoms with Crippen molar-refractivity contribution in [3.8, 4) is 0 Å². The Morgan fingerprint density at radius 3 is 2.50 bits per heavy atom. The highest BCUT2D eigenvalue weighted by Gasteiger charge is 2.31. The van der Waals surface area contributed by atoms with Crippen LogP contribution < -0.4 is 5.73 Å². The average molecular weight is 252 g/mol. The molecule has 0 radical (unpaired) electrons. The molecule has 0 fully saturated rings. The van der Waals surface area contributed by atoms with E-state index >= 15 is 0 Å². The summed E-state index contributed by atoms with van der Waals surface area (Å²) in [7, 11) is 1.11. The predicted molar refractivity (Wildman–Crippen MR) is 56.5 cm³/mol. The van der Waals surface area contributed by atoms with E-state index in [0.717, 1.165) is 23.3 Å². The van der Waals surface area contributed by atoms with Crippen molar-refractivity contribution >= 4 is 22.9 Å². The van der Waals surface area contributed by atoms with Gasteiger partial charge in [-0.05, 0) is 13.0 Å². The lowest BCUT2D eigenvalue weighted by Crippen LogP contribution is -2.35. The van der Waals surface area contributed by atoms with Crippen LogP contribution in [0.15, 0.2) is 6.07 Å². The summed E-state index contributed by atoms with van der Waals surface area (Å²) in [6.45, 7) is 0.448. The van der Waals surface area contributed by atoms with Gasteiger partial charge in [-0.2, -0.15) is 13.2 Å². The zero-order valence-electron chi connectivity index (χ0n) is 8.76. The minimum absolute atomic E-state index is 0.224. The minimum Gasteiger partial charge on any atom is -0.398 e. The molecule has 1 aromatic heterocycles. The molecule has 0 unspecified atom stereocenters. The van der Waals surface area contributed by atoms with Crippen molar-refractivity contribution in [2.24, 2.45) is 0 Å². The van der Waals surface area contributed by atoms with Crippen LogP contribution >= 0.6 is 11.3 Å². The lowest BCUT2D eigenvalue weighted by molar-refractivity contribution is -0.138. The number of thiophene rings is 1. The number of nitrogen functional groups attached to an aromatic ring is 1. The summed E-state index contributed by atoms with van der Waals surface area (Å²) < 4.78 is 36.2. The molecule has 0 atom stereocenters. The molecule has 1 aromatic rings. The van der Waals surface area contributed by atoms with E-state index in [2.05, 4.69) is 0 Å². The third-order valence-corrected chi connectivity index (χ3v) is 2.98. The van der Waals surface area contributed by atoms with Gasteiger partial charge < -0.3 is 10.6 Å². The number of nitrogens with two attached hydrogens (primary N) is 1. The maximum absolute atomic E-state index is 12.1. The molecule has 0 saturated heterocycles. The van der Waals surface area contributed by atoms with Crippen molar-refractivity contribution in [1.82, 2.24) is 4.90 Å². The summed E-state index contributed by atoms with van der Waals surface area (Å²) in [5, 5.41) is 0. The molecule has 0 bridgehead atoms. The monoisotopic (exact) mass is 252 g/mol. The van der Waals surface area contributed by atoms with Gasteiger partial charge in [-0.3, -0.25) is 4.79 Å². The van der Waals surface area contributed by atoms with Gasteiger partial charge in [0.15, 0.2) is 0 Å². The second-order valence-electron chi connectivity index (χ2n) is 3.40. The number of amides is 1. The molecule has 16 heavy (non-hydrogen) atoms. The first-order valence-electron chi connectivity index (χ1n) is 4.39. The average Bonchev–Trinajstić information content (AvgIpc) is 2.43. The number of carbonyl (C=O) groups is 1. The highest BCUT2D eigenvalue weighted by atomic mass is 32.1. The Bertz CT molecular complexity index is 380. The van der Waals surface area contributed by atoms with Crippen LogP contribution in [0.2, 0.25) is 0 Å². The van der Waals surface area contributed by atoms with E-state index in [1.807, 2.05) is 0 Å². The molecule has 1 amide bonds. The van der Waals surface area contributed by atoms with Crippen molar-refractivity contribution in [3.63, 3.8) is 0 Å². The van der Waals surface area contributed by atoms with Gasteiger partial charge in [0.05, 0.1) is 4.88 Å². The van der Waals surface area contributed by atoms with Crippen LogP contribution in [0.1, 0.15) is 14.5 Å². The maximum Gasteiger partial charge on any atom is 0.406 e. The van der Waals surface area contributed by atoms with E-state index in [9.17, 15) is 18.0 Å². The first-order chi connectivity index (χ1) is 7.20. The number of carbonyl (C=O) groups excluding carboxylic acids is 1. The van der Waals surface area contributed by atoms with Gasteiger partial charge in [0.1, 0.15) is 6.54 Å². The van der Waals surface area contributed by atoms with Crippen LogP contribution in [0, 0.1) is 6.92 Å². The Hall–Kier alpha value is -1.24. The number of rotatable bonds is 2. The Morgan fingerprint density at radius 2 is 2.12 bits per heavy atom. The highest BCUT2D eigenvalue weighted by molar-refractivity contribution is 7.14. The van der Waals surface area contributed by atoms with Crippen molar-refractivity contribution in [2.45, 2.75) is 13.1 Å². The second kappa shape index (κ2) is 4.32. The number of nitrogens with zero attached hydrogens (tertiary/aromatic N) is 1. The quantitative estimate of drug-likeness (QED) is 0.877. The summed E-state index contributed by atoms with van der Waals surface area (Å²) in [6, 6.07) is 1.40. The molecule has 2 N–H and O–H groups in total. The summed E-state index contributed by atoms with van der Waals surface area (Å²) in [5.41, 5.74) is 5.95. The Morgan fingerprint density at radius 1 is 1.56 bits per heavy atom. The fourth-order valence-electron chi connectivity index (χ4n) is 1.13. The number of hydrogen-bond acceptors (Lipinski definition) is 3. The van der Waals surface area contributed by atoms with Crippen LogP contribution in [-0.2, 0) is 0 Å². The Kier molecular flexibility index (Phi) is 3.47. The molecule has 1 heterocycles. The number of anilines is 1. The predicted octanol–water partition coefficient (Wildman–Crippen LogP) is 2.27. The van der Waals surface area contributed by atoms with Crippen molar-refractivity contribution < 1.29 is 18.0 Å². The van der Waals surface area contributed by atoms with Crippen molar-refractivity contribution in [1.29, 1.82) is 0 Å². The molecule has 0 aliphatic rings. The molecule has 0 aliphatic heterocycles. The Balaban J connectivity index is 2.78. The molecule has 0 aromatic carbocycles. The lowest BCUT2D eigenvalue weighted by atomic mass is 10.3. The number of aryl methyl sites for hydroxylation is 1. The van der Waals surface area contributed by atoms with Gasteiger partial charge in [0, 0.05) is 17.6 Å². The third kappa shape index (κ3) is 3.13. The SMILES string of the molecule is Cc1sc(C(=O)N(C)CC(F)(F)F)cc1N. The molecule has 0 aliphatic carbocycles. The van der Waals surface area contributed by atoms with Crippen LogP contribution in [0.3, 0.4) is 0 Å².